The molecule has 0 aliphatic rings. The quantitative estimate of drug-likeness (QED) is 0.323. The maximum atomic E-state index is 13.9. The van der Waals surface area contributed by atoms with Gasteiger partial charge in [-0.05, 0) is 54.8 Å². The van der Waals surface area contributed by atoms with Crippen molar-refractivity contribution < 1.29 is 26.8 Å². The van der Waals surface area contributed by atoms with Crippen LogP contribution in [0, 0.1) is 11.6 Å². The van der Waals surface area contributed by atoms with E-state index in [0.29, 0.717) is 12.0 Å². The lowest BCUT2D eigenvalue weighted by Gasteiger charge is -2.34. The summed E-state index contributed by atoms with van der Waals surface area (Å²) >= 11 is 5.90. The Hall–Kier alpha value is -3.50. The minimum atomic E-state index is -4.03. The molecular formula is C29H32ClF2N3O4S. The van der Waals surface area contributed by atoms with Gasteiger partial charge in [-0.3, -0.25) is 13.9 Å². The highest BCUT2D eigenvalue weighted by atomic mass is 35.5. The van der Waals surface area contributed by atoms with E-state index in [4.69, 9.17) is 11.6 Å². The highest BCUT2D eigenvalue weighted by molar-refractivity contribution is 7.92. The second-order valence-electron chi connectivity index (χ2n) is 9.54. The standard InChI is InChI=1S/C29H32ClF2N3O4S/c1-4-20(2)33-29(37)27(16-21-8-6-5-7-9-21)34(18-22-10-12-23(31)13-11-22)28(36)19-35(40(3,38)39)24-14-15-26(32)25(30)17-24/h5-15,17,20,27H,4,16,18-19H2,1-3H3,(H,33,37)/t20-,27+/m0/s1. The average Bonchev–Trinajstić information content (AvgIpc) is 2.91. The number of halogens is 3. The van der Waals surface area contributed by atoms with Gasteiger partial charge in [-0.15, -0.1) is 0 Å². The summed E-state index contributed by atoms with van der Waals surface area (Å²) in [6.07, 6.45) is 1.72. The number of sulfonamides is 1. The molecule has 0 radical (unpaired) electrons. The molecule has 3 aromatic rings. The van der Waals surface area contributed by atoms with Crippen molar-refractivity contribution in [2.45, 2.75) is 45.3 Å². The van der Waals surface area contributed by atoms with Gasteiger partial charge in [-0.2, -0.15) is 0 Å². The Morgan fingerprint density at radius 1 is 0.975 bits per heavy atom. The average molecular weight is 592 g/mol. The molecule has 7 nitrogen and oxygen atoms in total. The number of nitrogens with zero attached hydrogens (tertiary/aromatic N) is 2. The Bertz CT molecular complexity index is 1420. The summed E-state index contributed by atoms with van der Waals surface area (Å²) in [6, 6.07) is 16.7. The molecule has 40 heavy (non-hydrogen) atoms. The zero-order valence-electron chi connectivity index (χ0n) is 22.5. The van der Waals surface area contributed by atoms with Crippen LogP contribution in [0.1, 0.15) is 31.4 Å². The van der Waals surface area contributed by atoms with E-state index in [9.17, 15) is 26.8 Å². The Balaban J connectivity index is 2.06. The van der Waals surface area contributed by atoms with Crippen LogP contribution in [0.5, 0.6) is 0 Å². The lowest BCUT2D eigenvalue weighted by molar-refractivity contribution is -0.140. The first-order valence-corrected chi connectivity index (χ1v) is 14.9. The summed E-state index contributed by atoms with van der Waals surface area (Å²) in [7, 11) is -4.03. The van der Waals surface area contributed by atoms with Crippen LogP contribution in [0.25, 0.3) is 0 Å². The molecule has 214 valence electrons. The fraction of sp³-hybridized carbons (Fsp3) is 0.310. The van der Waals surface area contributed by atoms with Crippen molar-refractivity contribution in [3.8, 4) is 0 Å². The van der Waals surface area contributed by atoms with Crippen molar-refractivity contribution in [3.63, 3.8) is 0 Å². The normalized spacial score (nSPS) is 12.8. The van der Waals surface area contributed by atoms with Crippen molar-refractivity contribution >= 4 is 39.1 Å². The zero-order valence-corrected chi connectivity index (χ0v) is 24.1. The first-order chi connectivity index (χ1) is 18.9. The largest absolute Gasteiger partial charge is 0.352 e. The van der Waals surface area contributed by atoms with Gasteiger partial charge in [0.15, 0.2) is 0 Å². The summed E-state index contributed by atoms with van der Waals surface area (Å²) < 4.78 is 53.8. The molecule has 0 unspecified atom stereocenters. The molecule has 2 atom stereocenters. The predicted octanol–water partition coefficient (Wildman–Crippen LogP) is 4.94. The number of hydrogen-bond donors (Lipinski definition) is 1. The number of hydrogen-bond acceptors (Lipinski definition) is 4. The van der Waals surface area contributed by atoms with Gasteiger partial charge in [0.2, 0.25) is 21.8 Å². The van der Waals surface area contributed by atoms with Crippen LogP contribution in [-0.4, -0.2) is 50.0 Å². The van der Waals surface area contributed by atoms with Gasteiger partial charge in [0.25, 0.3) is 0 Å². The van der Waals surface area contributed by atoms with Gasteiger partial charge in [0, 0.05) is 19.0 Å². The van der Waals surface area contributed by atoms with Gasteiger partial charge in [-0.25, -0.2) is 17.2 Å². The third-order valence-corrected chi connectivity index (χ3v) is 7.84. The molecule has 0 fully saturated rings. The number of carbonyl (C=O) groups excluding carboxylic acids is 2. The zero-order chi connectivity index (χ0) is 29.4. The molecule has 0 aliphatic heterocycles. The molecule has 0 aliphatic carbocycles. The number of anilines is 1. The molecule has 3 aromatic carbocycles. The van der Waals surface area contributed by atoms with Crippen molar-refractivity contribution in [1.82, 2.24) is 10.2 Å². The first-order valence-electron chi connectivity index (χ1n) is 12.7. The highest BCUT2D eigenvalue weighted by Gasteiger charge is 2.33. The lowest BCUT2D eigenvalue weighted by atomic mass is 10.0. The van der Waals surface area contributed by atoms with E-state index in [1.54, 1.807) is 0 Å². The molecule has 0 bridgehead atoms. The summed E-state index contributed by atoms with van der Waals surface area (Å²) in [5.41, 5.74) is 1.32. The van der Waals surface area contributed by atoms with Crippen LogP contribution in [0.2, 0.25) is 5.02 Å². The highest BCUT2D eigenvalue weighted by Crippen LogP contribution is 2.25. The molecule has 0 aromatic heterocycles. The number of rotatable bonds is 12. The fourth-order valence-corrected chi connectivity index (χ4v) is 5.05. The van der Waals surface area contributed by atoms with Crippen LogP contribution >= 0.6 is 11.6 Å². The van der Waals surface area contributed by atoms with Crippen LogP contribution < -0.4 is 9.62 Å². The monoisotopic (exact) mass is 591 g/mol. The van der Waals surface area contributed by atoms with Gasteiger partial charge >= 0.3 is 0 Å². The van der Waals surface area contributed by atoms with Crippen LogP contribution in [-0.2, 0) is 32.6 Å². The van der Waals surface area contributed by atoms with Crippen molar-refractivity contribution in [2.24, 2.45) is 0 Å². The predicted molar refractivity (Wildman–Crippen MR) is 152 cm³/mol. The second-order valence-corrected chi connectivity index (χ2v) is 11.9. The molecule has 0 saturated carbocycles. The van der Waals surface area contributed by atoms with E-state index >= 15 is 0 Å². The Kier molecular flexibility index (Phi) is 10.6. The summed E-state index contributed by atoms with van der Waals surface area (Å²) in [6.45, 7) is 2.99. The summed E-state index contributed by atoms with van der Waals surface area (Å²) in [5, 5.41) is 2.62. The molecule has 0 spiro atoms. The van der Waals surface area contributed by atoms with Crippen LogP contribution in [0.15, 0.2) is 72.8 Å². The number of carbonyl (C=O) groups is 2. The Morgan fingerprint density at radius 2 is 1.62 bits per heavy atom. The third kappa shape index (κ3) is 8.50. The summed E-state index contributed by atoms with van der Waals surface area (Å²) in [5.74, 6) is -2.30. The number of amides is 2. The Labute approximate surface area is 238 Å². The minimum Gasteiger partial charge on any atom is -0.352 e. The second kappa shape index (κ2) is 13.7. The van der Waals surface area contributed by atoms with Crippen molar-refractivity contribution in [3.05, 3.63) is 101 Å². The van der Waals surface area contributed by atoms with Crippen LogP contribution in [0.4, 0.5) is 14.5 Å². The molecule has 11 heteroatoms. The molecular weight excluding hydrogens is 560 g/mol. The topological polar surface area (TPSA) is 86.8 Å². The van der Waals surface area contributed by atoms with Crippen molar-refractivity contribution in [2.75, 3.05) is 17.1 Å². The minimum absolute atomic E-state index is 0.00681. The Morgan fingerprint density at radius 3 is 2.20 bits per heavy atom. The molecule has 2 amide bonds. The van der Waals surface area contributed by atoms with E-state index in [2.05, 4.69) is 5.32 Å². The molecule has 0 saturated heterocycles. The molecule has 0 heterocycles. The van der Waals surface area contributed by atoms with Gasteiger partial charge in [-0.1, -0.05) is 61.0 Å². The van der Waals surface area contributed by atoms with Crippen LogP contribution in [0.3, 0.4) is 0 Å². The van der Waals surface area contributed by atoms with Gasteiger partial charge in [0.05, 0.1) is 17.0 Å². The van der Waals surface area contributed by atoms with Crippen molar-refractivity contribution in [1.29, 1.82) is 0 Å². The molecule has 1 N–H and O–H groups in total. The van der Waals surface area contributed by atoms with E-state index < -0.39 is 46.1 Å². The summed E-state index contributed by atoms with van der Waals surface area (Å²) in [4.78, 5) is 28.8. The number of nitrogens with one attached hydrogen (secondary N) is 1. The number of benzene rings is 3. The SMILES string of the molecule is CC[C@H](C)NC(=O)[C@@H](Cc1ccccc1)N(Cc1ccc(F)cc1)C(=O)CN(c1ccc(F)c(Cl)c1)S(C)(=O)=O. The fourth-order valence-electron chi connectivity index (χ4n) is 4.04. The van der Waals surface area contributed by atoms with Gasteiger partial charge < -0.3 is 10.2 Å². The van der Waals surface area contributed by atoms with E-state index in [1.807, 2.05) is 44.2 Å². The maximum Gasteiger partial charge on any atom is 0.244 e. The first kappa shape index (κ1) is 31.0. The smallest absolute Gasteiger partial charge is 0.244 e. The van der Waals surface area contributed by atoms with E-state index in [0.717, 1.165) is 28.3 Å². The van der Waals surface area contributed by atoms with E-state index in [-0.39, 0.29) is 29.7 Å². The third-order valence-electron chi connectivity index (χ3n) is 6.41. The van der Waals surface area contributed by atoms with E-state index in [1.165, 1.54) is 35.2 Å². The maximum absolute atomic E-state index is 13.9. The lowest BCUT2D eigenvalue weighted by Crippen LogP contribution is -2.54. The van der Waals surface area contributed by atoms with Gasteiger partial charge in [0.1, 0.15) is 24.2 Å². The molecule has 3 rings (SSSR count).